The Morgan fingerprint density at radius 2 is 1.95 bits per heavy atom. The molecule has 1 aromatic heterocycles. The minimum absolute atomic E-state index is 0.0292. The van der Waals surface area contributed by atoms with E-state index in [1.54, 1.807) is 11.8 Å². The van der Waals surface area contributed by atoms with Crippen LogP contribution in [0.25, 0.3) is 0 Å². The third kappa shape index (κ3) is 4.38. The molecule has 4 heteroatoms. The Kier molecular flexibility index (Phi) is 5.18. The highest BCUT2D eigenvalue weighted by Crippen LogP contribution is 2.21. The summed E-state index contributed by atoms with van der Waals surface area (Å²) >= 11 is 1.56. The summed E-state index contributed by atoms with van der Waals surface area (Å²) in [6.07, 6.45) is 0. The molecule has 1 aromatic carbocycles. The molecule has 0 saturated heterocycles. The lowest BCUT2D eigenvalue weighted by atomic mass is 10.2. The van der Waals surface area contributed by atoms with E-state index in [1.165, 1.54) is 5.56 Å². The Balaban J connectivity index is 1.80. The van der Waals surface area contributed by atoms with Gasteiger partial charge in [-0.2, -0.15) is 0 Å². The average Bonchev–Trinajstić information content (AvgIpc) is 2.44. The molecule has 0 spiro atoms. The van der Waals surface area contributed by atoms with Gasteiger partial charge in [0.2, 0.25) is 5.91 Å². The first-order chi connectivity index (χ1) is 9.65. The van der Waals surface area contributed by atoms with Crippen LogP contribution in [0.2, 0.25) is 0 Å². The summed E-state index contributed by atoms with van der Waals surface area (Å²) in [5.41, 5.74) is 3.05. The molecule has 3 nitrogen and oxygen atoms in total. The highest BCUT2D eigenvalue weighted by molar-refractivity contribution is 8.00. The number of carbonyl (C=O) groups is 1. The third-order valence-corrected chi connectivity index (χ3v) is 4.04. The van der Waals surface area contributed by atoms with Crippen LogP contribution < -0.4 is 5.32 Å². The van der Waals surface area contributed by atoms with E-state index in [2.05, 4.69) is 23.3 Å². The molecule has 20 heavy (non-hydrogen) atoms. The zero-order valence-electron chi connectivity index (χ0n) is 11.7. The molecule has 1 amide bonds. The fraction of sp³-hybridized carbons (Fsp3) is 0.250. The van der Waals surface area contributed by atoms with Crippen molar-refractivity contribution in [1.29, 1.82) is 0 Å². The van der Waals surface area contributed by atoms with E-state index in [1.807, 2.05) is 43.3 Å². The van der Waals surface area contributed by atoms with Crippen LogP contribution in [-0.2, 0) is 11.3 Å². The fourth-order valence-corrected chi connectivity index (χ4v) is 2.66. The number of thioether (sulfide) groups is 1. The van der Waals surface area contributed by atoms with E-state index in [0.29, 0.717) is 12.3 Å². The Morgan fingerprint density at radius 1 is 1.15 bits per heavy atom. The second kappa shape index (κ2) is 7.10. The molecular weight excluding hydrogens is 268 g/mol. The summed E-state index contributed by atoms with van der Waals surface area (Å²) in [6, 6.07) is 13.9. The standard InChI is InChI=1S/C16H18N2OS/c1-12-6-3-4-9-15(12)20-11-16(19)17-10-14-8-5-7-13(2)18-14/h3-9H,10-11H2,1-2H3,(H,17,19). The lowest BCUT2D eigenvalue weighted by Gasteiger charge is -2.07. The summed E-state index contributed by atoms with van der Waals surface area (Å²) in [5.74, 6) is 0.456. The quantitative estimate of drug-likeness (QED) is 0.859. The summed E-state index contributed by atoms with van der Waals surface area (Å²) in [4.78, 5) is 17.3. The number of aryl methyl sites for hydroxylation is 2. The molecule has 0 aliphatic carbocycles. The van der Waals surface area contributed by atoms with E-state index in [0.717, 1.165) is 16.3 Å². The van der Waals surface area contributed by atoms with E-state index in [-0.39, 0.29) is 5.91 Å². The number of amides is 1. The van der Waals surface area contributed by atoms with E-state index in [9.17, 15) is 4.79 Å². The minimum Gasteiger partial charge on any atom is -0.350 e. The molecule has 1 N–H and O–H groups in total. The number of carbonyl (C=O) groups excluding carboxylic acids is 1. The number of benzene rings is 1. The third-order valence-electron chi connectivity index (χ3n) is 2.87. The normalized spacial score (nSPS) is 10.3. The molecule has 104 valence electrons. The summed E-state index contributed by atoms with van der Waals surface area (Å²) in [6.45, 7) is 4.48. The van der Waals surface area contributed by atoms with Gasteiger partial charge in [0, 0.05) is 10.6 Å². The maximum Gasteiger partial charge on any atom is 0.230 e. The van der Waals surface area contributed by atoms with E-state index < -0.39 is 0 Å². The maximum absolute atomic E-state index is 11.8. The molecule has 1 heterocycles. The van der Waals surface area contributed by atoms with Crippen molar-refractivity contribution >= 4 is 17.7 Å². The molecule has 0 unspecified atom stereocenters. The molecule has 0 atom stereocenters. The number of nitrogens with one attached hydrogen (secondary N) is 1. The predicted molar refractivity (Wildman–Crippen MR) is 82.7 cm³/mol. The topological polar surface area (TPSA) is 42.0 Å². The predicted octanol–water partition coefficient (Wildman–Crippen LogP) is 3.11. The molecular formula is C16H18N2OS. The van der Waals surface area contributed by atoms with Crippen molar-refractivity contribution in [1.82, 2.24) is 10.3 Å². The first kappa shape index (κ1) is 14.6. The van der Waals surface area contributed by atoms with Crippen LogP contribution in [0.3, 0.4) is 0 Å². The second-order valence-corrected chi connectivity index (χ2v) is 5.62. The van der Waals surface area contributed by atoms with Crippen LogP contribution in [0, 0.1) is 13.8 Å². The van der Waals surface area contributed by atoms with Gasteiger partial charge in [-0.05, 0) is 37.6 Å². The SMILES string of the molecule is Cc1cccc(CNC(=O)CSc2ccccc2C)n1. The van der Waals surface area contributed by atoms with Crippen molar-refractivity contribution in [2.75, 3.05) is 5.75 Å². The van der Waals surface area contributed by atoms with Gasteiger partial charge in [0.1, 0.15) is 0 Å². The molecule has 0 fully saturated rings. The summed E-state index contributed by atoms with van der Waals surface area (Å²) in [7, 11) is 0. The van der Waals surface area contributed by atoms with Crippen molar-refractivity contribution in [3.05, 3.63) is 59.4 Å². The maximum atomic E-state index is 11.8. The minimum atomic E-state index is 0.0292. The van der Waals surface area contributed by atoms with Crippen LogP contribution in [0.1, 0.15) is 17.0 Å². The van der Waals surface area contributed by atoms with Gasteiger partial charge in [-0.25, -0.2) is 0 Å². The van der Waals surface area contributed by atoms with Gasteiger partial charge in [-0.3, -0.25) is 9.78 Å². The largest absolute Gasteiger partial charge is 0.350 e. The van der Waals surface area contributed by atoms with Crippen LogP contribution in [0.15, 0.2) is 47.4 Å². The number of hydrogen-bond donors (Lipinski definition) is 1. The number of pyridine rings is 1. The van der Waals surface area contributed by atoms with Crippen molar-refractivity contribution in [3.63, 3.8) is 0 Å². The average molecular weight is 286 g/mol. The Morgan fingerprint density at radius 3 is 2.70 bits per heavy atom. The highest BCUT2D eigenvalue weighted by Gasteiger charge is 2.05. The van der Waals surface area contributed by atoms with Gasteiger partial charge in [0.15, 0.2) is 0 Å². The lowest BCUT2D eigenvalue weighted by Crippen LogP contribution is -2.25. The van der Waals surface area contributed by atoms with Crippen molar-refractivity contribution < 1.29 is 4.79 Å². The van der Waals surface area contributed by atoms with Crippen LogP contribution in [-0.4, -0.2) is 16.6 Å². The second-order valence-electron chi connectivity index (χ2n) is 4.60. The fourth-order valence-electron chi connectivity index (χ4n) is 1.80. The molecule has 0 saturated carbocycles. The zero-order chi connectivity index (χ0) is 14.4. The molecule has 2 rings (SSSR count). The van der Waals surface area contributed by atoms with Gasteiger partial charge in [0.25, 0.3) is 0 Å². The van der Waals surface area contributed by atoms with Gasteiger partial charge < -0.3 is 5.32 Å². The van der Waals surface area contributed by atoms with Crippen molar-refractivity contribution in [2.24, 2.45) is 0 Å². The van der Waals surface area contributed by atoms with Crippen molar-refractivity contribution in [2.45, 2.75) is 25.3 Å². The monoisotopic (exact) mass is 286 g/mol. The smallest absolute Gasteiger partial charge is 0.230 e. The summed E-state index contributed by atoms with van der Waals surface area (Å²) < 4.78 is 0. The van der Waals surface area contributed by atoms with Gasteiger partial charge >= 0.3 is 0 Å². The van der Waals surface area contributed by atoms with Crippen LogP contribution >= 0.6 is 11.8 Å². The first-order valence-electron chi connectivity index (χ1n) is 6.53. The first-order valence-corrected chi connectivity index (χ1v) is 7.51. The summed E-state index contributed by atoms with van der Waals surface area (Å²) in [5, 5.41) is 2.89. The number of hydrogen-bond acceptors (Lipinski definition) is 3. The van der Waals surface area contributed by atoms with Gasteiger partial charge in [-0.15, -0.1) is 11.8 Å². The van der Waals surface area contributed by atoms with E-state index >= 15 is 0 Å². The molecule has 0 radical (unpaired) electrons. The van der Waals surface area contributed by atoms with Gasteiger partial charge in [-0.1, -0.05) is 24.3 Å². The number of nitrogens with zero attached hydrogens (tertiary/aromatic N) is 1. The molecule has 2 aromatic rings. The molecule has 0 aliphatic rings. The zero-order valence-corrected chi connectivity index (χ0v) is 12.5. The molecule has 0 bridgehead atoms. The highest BCUT2D eigenvalue weighted by atomic mass is 32.2. The Hall–Kier alpha value is -1.81. The van der Waals surface area contributed by atoms with Crippen molar-refractivity contribution in [3.8, 4) is 0 Å². The Bertz CT molecular complexity index is 599. The van der Waals surface area contributed by atoms with Crippen LogP contribution in [0.5, 0.6) is 0 Å². The Labute approximate surface area is 123 Å². The lowest BCUT2D eigenvalue weighted by molar-refractivity contribution is -0.118. The van der Waals surface area contributed by atoms with Crippen LogP contribution in [0.4, 0.5) is 0 Å². The molecule has 0 aliphatic heterocycles. The number of aromatic nitrogens is 1. The van der Waals surface area contributed by atoms with E-state index in [4.69, 9.17) is 0 Å². The van der Waals surface area contributed by atoms with Gasteiger partial charge in [0.05, 0.1) is 18.0 Å². The number of rotatable bonds is 5.